The Balaban J connectivity index is 2.42. The van der Waals surface area contributed by atoms with E-state index in [0.29, 0.717) is 18.0 Å². The molecule has 1 amide bonds. The van der Waals surface area contributed by atoms with Gasteiger partial charge in [-0.15, -0.1) is 0 Å². The summed E-state index contributed by atoms with van der Waals surface area (Å²) in [5, 5.41) is 2.68. The van der Waals surface area contributed by atoms with Gasteiger partial charge in [0, 0.05) is 33.8 Å². The first-order valence-electron chi connectivity index (χ1n) is 5.49. The van der Waals surface area contributed by atoms with E-state index in [2.05, 4.69) is 21.2 Å². The van der Waals surface area contributed by atoms with Gasteiger partial charge in [0.05, 0.1) is 0 Å². The van der Waals surface area contributed by atoms with Gasteiger partial charge >= 0.3 is 0 Å². The third kappa shape index (κ3) is 5.64. The molecule has 0 aliphatic heterocycles. The van der Waals surface area contributed by atoms with Gasteiger partial charge in [-0.05, 0) is 25.1 Å². The molecule has 6 heteroatoms. The lowest BCUT2D eigenvalue weighted by Gasteiger charge is -2.14. The first-order chi connectivity index (χ1) is 8.49. The maximum absolute atomic E-state index is 11.7. The fourth-order valence-electron chi connectivity index (χ4n) is 1.26. The fraction of sp³-hybridized carbons (Fsp3) is 0.417. The molecule has 0 fully saturated rings. The third-order valence-electron chi connectivity index (χ3n) is 2.17. The standard InChI is InChI=1S/C12H16BrNO3S/c1-9(12(15)14-6-7-18(2)16)17-11-5-3-4-10(13)8-11/h3-5,8-9H,6-7H2,1-2H3,(H,14,15)/t9-,18+/m1/s1. The summed E-state index contributed by atoms with van der Waals surface area (Å²) >= 11 is 3.33. The van der Waals surface area contributed by atoms with Crippen LogP contribution in [0.5, 0.6) is 5.75 Å². The molecule has 0 heterocycles. The minimum absolute atomic E-state index is 0.208. The molecule has 1 aromatic carbocycles. The molecule has 0 aliphatic carbocycles. The number of hydrogen-bond acceptors (Lipinski definition) is 3. The second-order valence-electron chi connectivity index (χ2n) is 3.79. The van der Waals surface area contributed by atoms with Gasteiger partial charge in [0.25, 0.3) is 5.91 Å². The van der Waals surface area contributed by atoms with Crippen LogP contribution in [0.2, 0.25) is 0 Å². The zero-order valence-electron chi connectivity index (χ0n) is 10.3. The monoisotopic (exact) mass is 333 g/mol. The second-order valence-corrected chi connectivity index (χ2v) is 6.26. The highest BCUT2D eigenvalue weighted by Crippen LogP contribution is 2.18. The summed E-state index contributed by atoms with van der Waals surface area (Å²) in [5.74, 6) is 0.876. The summed E-state index contributed by atoms with van der Waals surface area (Å²) in [7, 11) is -0.898. The van der Waals surface area contributed by atoms with Crippen LogP contribution in [0.1, 0.15) is 6.92 Å². The molecule has 2 atom stereocenters. The number of rotatable bonds is 6. The van der Waals surface area contributed by atoms with Gasteiger partial charge in [0.15, 0.2) is 6.10 Å². The maximum atomic E-state index is 11.7. The van der Waals surface area contributed by atoms with Crippen molar-refractivity contribution in [3.63, 3.8) is 0 Å². The van der Waals surface area contributed by atoms with Gasteiger partial charge < -0.3 is 10.1 Å². The molecular weight excluding hydrogens is 318 g/mol. The molecule has 1 N–H and O–H groups in total. The van der Waals surface area contributed by atoms with Crippen LogP contribution >= 0.6 is 15.9 Å². The molecule has 100 valence electrons. The number of carbonyl (C=O) groups is 1. The number of carbonyl (C=O) groups excluding carboxylic acids is 1. The van der Waals surface area contributed by atoms with Gasteiger partial charge in [-0.3, -0.25) is 9.00 Å². The van der Waals surface area contributed by atoms with Crippen molar-refractivity contribution in [2.75, 3.05) is 18.6 Å². The summed E-state index contributed by atoms with van der Waals surface area (Å²) in [5.41, 5.74) is 0. The summed E-state index contributed by atoms with van der Waals surface area (Å²) < 4.78 is 17.2. The molecule has 1 rings (SSSR count). The Labute approximate surface area is 118 Å². The molecule has 0 unspecified atom stereocenters. The van der Waals surface area contributed by atoms with Crippen LogP contribution in [0.15, 0.2) is 28.7 Å². The summed E-state index contributed by atoms with van der Waals surface area (Å²) in [6, 6.07) is 7.30. The van der Waals surface area contributed by atoms with Crippen molar-refractivity contribution < 1.29 is 13.7 Å². The van der Waals surface area contributed by atoms with Crippen LogP contribution in [0.4, 0.5) is 0 Å². The first-order valence-corrected chi connectivity index (χ1v) is 8.01. The van der Waals surface area contributed by atoms with E-state index < -0.39 is 16.9 Å². The molecule has 0 radical (unpaired) electrons. The van der Waals surface area contributed by atoms with E-state index in [1.165, 1.54) is 0 Å². The highest BCUT2D eigenvalue weighted by molar-refractivity contribution is 9.10. The number of ether oxygens (including phenoxy) is 1. The van der Waals surface area contributed by atoms with E-state index >= 15 is 0 Å². The van der Waals surface area contributed by atoms with Crippen molar-refractivity contribution in [3.05, 3.63) is 28.7 Å². The molecule has 4 nitrogen and oxygen atoms in total. The number of halogens is 1. The van der Waals surface area contributed by atoms with Crippen molar-refractivity contribution in [2.24, 2.45) is 0 Å². The molecule has 1 aromatic rings. The summed E-state index contributed by atoms with van der Waals surface area (Å²) in [6.45, 7) is 2.08. The zero-order valence-corrected chi connectivity index (χ0v) is 12.7. The van der Waals surface area contributed by atoms with Gasteiger partial charge in [0.1, 0.15) is 5.75 Å². The normalized spacial score (nSPS) is 13.7. The Hall–Kier alpha value is -0.880. The molecule has 0 aliphatic rings. The van der Waals surface area contributed by atoms with Gasteiger partial charge in [-0.1, -0.05) is 22.0 Å². The molecular formula is C12H16BrNO3S. The SMILES string of the molecule is C[C@@H](Oc1cccc(Br)c1)C(=O)NCC[S@](C)=O. The van der Waals surface area contributed by atoms with Gasteiger partial charge in [0.2, 0.25) is 0 Å². The van der Waals surface area contributed by atoms with Crippen molar-refractivity contribution in [3.8, 4) is 5.75 Å². The van der Waals surface area contributed by atoms with Crippen LogP contribution in [0, 0.1) is 0 Å². The smallest absolute Gasteiger partial charge is 0.260 e. The third-order valence-corrected chi connectivity index (χ3v) is 3.44. The van der Waals surface area contributed by atoms with E-state index in [0.717, 1.165) is 4.47 Å². The van der Waals surface area contributed by atoms with E-state index in [-0.39, 0.29) is 5.91 Å². The van der Waals surface area contributed by atoms with E-state index in [1.54, 1.807) is 25.3 Å². The summed E-state index contributed by atoms with van der Waals surface area (Å²) in [4.78, 5) is 11.7. The fourth-order valence-corrected chi connectivity index (χ4v) is 2.03. The minimum atomic E-state index is -0.898. The number of nitrogens with one attached hydrogen (secondary N) is 1. The average Bonchev–Trinajstić information content (AvgIpc) is 2.28. The Kier molecular flexibility index (Phi) is 6.35. The Morgan fingerprint density at radius 3 is 2.89 bits per heavy atom. The Bertz CT molecular complexity index is 439. The van der Waals surface area contributed by atoms with Crippen LogP contribution in [-0.2, 0) is 15.6 Å². The lowest BCUT2D eigenvalue weighted by Crippen LogP contribution is -2.38. The average molecular weight is 334 g/mol. The van der Waals surface area contributed by atoms with Crippen LogP contribution < -0.4 is 10.1 Å². The van der Waals surface area contributed by atoms with Gasteiger partial charge in [-0.25, -0.2) is 0 Å². The number of amides is 1. The van der Waals surface area contributed by atoms with Crippen LogP contribution in [0.3, 0.4) is 0 Å². The minimum Gasteiger partial charge on any atom is -0.481 e. The molecule has 0 saturated carbocycles. The lowest BCUT2D eigenvalue weighted by molar-refractivity contribution is -0.127. The quantitative estimate of drug-likeness (QED) is 0.862. The molecule has 0 aromatic heterocycles. The van der Waals surface area contributed by atoms with Crippen LogP contribution in [-0.4, -0.2) is 34.8 Å². The van der Waals surface area contributed by atoms with Crippen molar-refractivity contribution in [1.29, 1.82) is 0 Å². The maximum Gasteiger partial charge on any atom is 0.260 e. The molecule has 0 spiro atoms. The van der Waals surface area contributed by atoms with Crippen LogP contribution in [0.25, 0.3) is 0 Å². The van der Waals surface area contributed by atoms with E-state index in [4.69, 9.17) is 4.74 Å². The van der Waals surface area contributed by atoms with E-state index in [1.807, 2.05) is 12.1 Å². The predicted molar refractivity (Wildman–Crippen MR) is 76.2 cm³/mol. The second kappa shape index (κ2) is 7.53. The summed E-state index contributed by atoms with van der Waals surface area (Å²) in [6.07, 6.45) is 1.03. The van der Waals surface area contributed by atoms with Crippen molar-refractivity contribution in [2.45, 2.75) is 13.0 Å². The van der Waals surface area contributed by atoms with Crippen molar-refractivity contribution in [1.82, 2.24) is 5.32 Å². The Morgan fingerprint density at radius 2 is 2.28 bits per heavy atom. The number of hydrogen-bond donors (Lipinski definition) is 1. The molecule has 18 heavy (non-hydrogen) atoms. The Morgan fingerprint density at radius 1 is 1.56 bits per heavy atom. The topological polar surface area (TPSA) is 55.4 Å². The first kappa shape index (κ1) is 15.2. The zero-order chi connectivity index (χ0) is 13.5. The highest BCUT2D eigenvalue weighted by Gasteiger charge is 2.14. The van der Waals surface area contributed by atoms with Gasteiger partial charge in [-0.2, -0.15) is 0 Å². The molecule has 0 saturated heterocycles. The highest BCUT2D eigenvalue weighted by atomic mass is 79.9. The van der Waals surface area contributed by atoms with Crippen molar-refractivity contribution >= 4 is 32.6 Å². The number of benzene rings is 1. The predicted octanol–water partition coefficient (Wildman–Crippen LogP) is 1.71. The van der Waals surface area contributed by atoms with E-state index in [9.17, 15) is 9.00 Å². The lowest BCUT2D eigenvalue weighted by atomic mass is 10.3. The molecule has 0 bridgehead atoms. The largest absolute Gasteiger partial charge is 0.481 e.